The van der Waals surface area contributed by atoms with E-state index in [1.807, 2.05) is 6.07 Å². The average Bonchev–Trinajstić information content (AvgIpc) is 2.77. The summed E-state index contributed by atoms with van der Waals surface area (Å²) in [7, 11) is 0. The van der Waals surface area contributed by atoms with Crippen molar-refractivity contribution < 1.29 is 9.18 Å². The van der Waals surface area contributed by atoms with Gasteiger partial charge in [0, 0.05) is 26.2 Å². The molecule has 0 radical (unpaired) electrons. The van der Waals surface area contributed by atoms with Gasteiger partial charge in [-0.05, 0) is 24.6 Å². The van der Waals surface area contributed by atoms with Crippen molar-refractivity contribution in [1.82, 2.24) is 15.5 Å². The van der Waals surface area contributed by atoms with Crippen LogP contribution in [0.5, 0.6) is 0 Å². The van der Waals surface area contributed by atoms with Crippen LogP contribution in [-0.2, 0) is 6.42 Å². The van der Waals surface area contributed by atoms with Crippen LogP contribution in [0.4, 0.5) is 9.18 Å². The highest BCUT2D eigenvalue weighted by atomic mass is 19.1. The van der Waals surface area contributed by atoms with Gasteiger partial charge in [-0.15, -0.1) is 0 Å². The summed E-state index contributed by atoms with van der Waals surface area (Å²) in [6.07, 6.45) is 0.666. The Kier molecular flexibility index (Phi) is 4.52. The van der Waals surface area contributed by atoms with Crippen LogP contribution in [0.1, 0.15) is 5.56 Å². The molecule has 0 aromatic heterocycles. The van der Waals surface area contributed by atoms with Crippen molar-refractivity contribution >= 4 is 6.03 Å². The number of rotatable bonds is 6. The number of halogens is 1. The Bertz CT molecular complexity index is 411. The summed E-state index contributed by atoms with van der Waals surface area (Å²) in [6.45, 7) is 3.66. The maximum atomic E-state index is 13.3. The molecule has 18 heavy (non-hydrogen) atoms. The lowest BCUT2D eigenvalue weighted by Gasteiger charge is -2.14. The van der Waals surface area contributed by atoms with Gasteiger partial charge in [0.2, 0.25) is 0 Å². The Morgan fingerprint density at radius 3 is 2.89 bits per heavy atom. The van der Waals surface area contributed by atoms with Crippen molar-refractivity contribution in [2.75, 3.05) is 32.7 Å². The predicted octanol–water partition coefficient (Wildman–Crippen LogP) is 0.983. The van der Waals surface area contributed by atoms with Gasteiger partial charge in [0.1, 0.15) is 5.82 Å². The zero-order valence-corrected chi connectivity index (χ0v) is 10.3. The second-order valence-electron chi connectivity index (χ2n) is 4.31. The van der Waals surface area contributed by atoms with E-state index in [2.05, 4.69) is 10.6 Å². The second kappa shape index (κ2) is 6.35. The number of carbonyl (C=O) groups is 1. The molecule has 98 valence electrons. The minimum atomic E-state index is -0.154. The van der Waals surface area contributed by atoms with Crippen LogP contribution in [0.15, 0.2) is 24.3 Å². The highest BCUT2D eigenvalue weighted by Crippen LogP contribution is 2.06. The molecular weight excluding hydrogens is 233 g/mol. The number of nitrogens with zero attached hydrogens (tertiary/aromatic N) is 1. The Morgan fingerprint density at radius 2 is 2.17 bits per heavy atom. The molecular formula is C13H18FN3O. The maximum absolute atomic E-state index is 13.3. The average molecular weight is 251 g/mol. The summed E-state index contributed by atoms with van der Waals surface area (Å²) in [5, 5.41) is 5.97. The summed E-state index contributed by atoms with van der Waals surface area (Å²) in [5.74, 6) is -0.154. The molecule has 0 aliphatic carbocycles. The minimum Gasteiger partial charge on any atom is -0.336 e. The van der Waals surface area contributed by atoms with Crippen LogP contribution in [-0.4, -0.2) is 43.7 Å². The standard InChI is InChI=1S/C13H18FN3O/c14-12-4-2-1-3-11(12)5-6-15-7-9-17-10-8-16-13(17)18/h1-4,15H,5-10H2,(H,16,18). The molecule has 2 amide bonds. The Labute approximate surface area is 106 Å². The lowest BCUT2D eigenvalue weighted by molar-refractivity contribution is 0.217. The Balaban J connectivity index is 1.62. The highest BCUT2D eigenvalue weighted by Gasteiger charge is 2.17. The molecule has 1 heterocycles. The summed E-state index contributed by atoms with van der Waals surface area (Å²) >= 11 is 0. The monoisotopic (exact) mass is 251 g/mol. The van der Waals surface area contributed by atoms with E-state index in [0.717, 1.165) is 31.7 Å². The molecule has 1 aliphatic rings. The molecule has 1 saturated heterocycles. The predicted molar refractivity (Wildman–Crippen MR) is 67.9 cm³/mol. The first kappa shape index (κ1) is 12.8. The number of benzene rings is 1. The molecule has 2 rings (SSSR count). The molecule has 5 heteroatoms. The summed E-state index contributed by atoms with van der Waals surface area (Å²) < 4.78 is 13.3. The molecule has 0 unspecified atom stereocenters. The summed E-state index contributed by atoms with van der Waals surface area (Å²) in [6, 6.07) is 6.81. The van der Waals surface area contributed by atoms with Gasteiger partial charge in [-0.25, -0.2) is 9.18 Å². The number of amides is 2. The zero-order valence-electron chi connectivity index (χ0n) is 10.3. The fraction of sp³-hybridized carbons (Fsp3) is 0.462. The largest absolute Gasteiger partial charge is 0.336 e. The van der Waals surface area contributed by atoms with E-state index >= 15 is 0 Å². The molecule has 0 spiro atoms. The lowest BCUT2D eigenvalue weighted by atomic mass is 10.1. The van der Waals surface area contributed by atoms with Crippen molar-refractivity contribution in [1.29, 1.82) is 0 Å². The third kappa shape index (κ3) is 3.43. The molecule has 1 aromatic rings. The van der Waals surface area contributed by atoms with Crippen LogP contribution in [0.3, 0.4) is 0 Å². The number of urea groups is 1. The van der Waals surface area contributed by atoms with E-state index < -0.39 is 0 Å². The molecule has 1 aliphatic heterocycles. The molecule has 1 aromatic carbocycles. The van der Waals surface area contributed by atoms with Crippen molar-refractivity contribution in [3.8, 4) is 0 Å². The normalized spacial score (nSPS) is 14.9. The third-order valence-electron chi connectivity index (χ3n) is 3.03. The maximum Gasteiger partial charge on any atom is 0.317 e. The molecule has 4 nitrogen and oxygen atoms in total. The third-order valence-corrected chi connectivity index (χ3v) is 3.03. The van der Waals surface area contributed by atoms with E-state index in [1.165, 1.54) is 6.07 Å². The Hall–Kier alpha value is -1.62. The van der Waals surface area contributed by atoms with E-state index in [0.29, 0.717) is 13.0 Å². The van der Waals surface area contributed by atoms with Gasteiger partial charge in [-0.2, -0.15) is 0 Å². The van der Waals surface area contributed by atoms with E-state index in [-0.39, 0.29) is 11.8 Å². The van der Waals surface area contributed by atoms with Crippen LogP contribution < -0.4 is 10.6 Å². The smallest absolute Gasteiger partial charge is 0.317 e. The fourth-order valence-corrected chi connectivity index (χ4v) is 1.99. The van der Waals surface area contributed by atoms with Crippen molar-refractivity contribution in [2.24, 2.45) is 0 Å². The van der Waals surface area contributed by atoms with Gasteiger partial charge in [0.15, 0.2) is 0 Å². The zero-order chi connectivity index (χ0) is 12.8. The van der Waals surface area contributed by atoms with Crippen molar-refractivity contribution in [3.05, 3.63) is 35.6 Å². The molecule has 2 N–H and O–H groups in total. The lowest BCUT2D eigenvalue weighted by Crippen LogP contribution is -2.35. The SMILES string of the molecule is O=C1NCCN1CCNCCc1ccccc1F. The summed E-state index contributed by atoms with van der Waals surface area (Å²) in [5.41, 5.74) is 0.726. The van der Waals surface area contributed by atoms with Gasteiger partial charge in [0.25, 0.3) is 0 Å². The van der Waals surface area contributed by atoms with Crippen LogP contribution in [0, 0.1) is 5.82 Å². The van der Waals surface area contributed by atoms with Crippen LogP contribution in [0.2, 0.25) is 0 Å². The second-order valence-corrected chi connectivity index (χ2v) is 4.31. The van der Waals surface area contributed by atoms with Gasteiger partial charge in [0.05, 0.1) is 0 Å². The van der Waals surface area contributed by atoms with E-state index in [9.17, 15) is 9.18 Å². The highest BCUT2D eigenvalue weighted by molar-refractivity contribution is 5.76. The molecule has 0 atom stereocenters. The minimum absolute atomic E-state index is 0.00547. The fourth-order valence-electron chi connectivity index (χ4n) is 1.99. The topological polar surface area (TPSA) is 44.4 Å². The first-order valence-electron chi connectivity index (χ1n) is 6.24. The van der Waals surface area contributed by atoms with E-state index in [4.69, 9.17) is 0 Å². The van der Waals surface area contributed by atoms with Gasteiger partial charge in [-0.1, -0.05) is 18.2 Å². The van der Waals surface area contributed by atoms with Crippen LogP contribution >= 0.6 is 0 Å². The quantitative estimate of drug-likeness (QED) is 0.740. The first-order chi connectivity index (χ1) is 8.77. The number of nitrogens with one attached hydrogen (secondary N) is 2. The van der Waals surface area contributed by atoms with E-state index in [1.54, 1.807) is 17.0 Å². The molecule has 1 fully saturated rings. The molecule has 0 saturated carbocycles. The first-order valence-corrected chi connectivity index (χ1v) is 6.24. The Morgan fingerprint density at radius 1 is 1.33 bits per heavy atom. The number of hydrogen-bond donors (Lipinski definition) is 2. The number of carbonyl (C=O) groups excluding carboxylic acids is 1. The van der Waals surface area contributed by atoms with Gasteiger partial charge in [-0.3, -0.25) is 0 Å². The van der Waals surface area contributed by atoms with Gasteiger partial charge < -0.3 is 15.5 Å². The van der Waals surface area contributed by atoms with Gasteiger partial charge >= 0.3 is 6.03 Å². The van der Waals surface area contributed by atoms with Crippen molar-refractivity contribution in [2.45, 2.75) is 6.42 Å². The van der Waals surface area contributed by atoms with Crippen LogP contribution in [0.25, 0.3) is 0 Å². The molecule has 0 bridgehead atoms. The van der Waals surface area contributed by atoms with Crippen molar-refractivity contribution in [3.63, 3.8) is 0 Å². The number of hydrogen-bond acceptors (Lipinski definition) is 2. The summed E-state index contributed by atoms with van der Waals surface area (Å²) in [4.78, 5) is 13.0.